The Bertz CT molecular complexity index is 1090. The van der Waals surface area contributed by atoms with Gasteiger partial charge in [-0.3, -0.25) is 14.4 Å². The van der Waals surface area contributed by atoms with Crippen molar-refractivity contribution >= 4 is 27.7 Å². The molecule has 1 saturated heterocycles. The first kappa shape index (κ1) is 18.5. The second-order valence-electron chi connectivity index (χ2n) is 9.16. The third kappa shape index (κ3) is 2.02. The van der Waals surface area contributed by atoms with E-state index in [1.165, 1.54) is 12.1 Å². The number of hydrogen-bond acceptors (Lipinski definition) is 5. The predicted molar refractivity (Wildman–Crippen MR) is 104 cm³/mol. The molecular weight excluding hydrogens is 392 g/mol. The quantitative estimate of drug-likeness (QED) is 0.546. The molecule has 1 spiro atoms. The van der Waals surface area contributed by atoms with Crippen molar-refractivity contribution < 1.29 is 22.8 Å². The maximum absolute atomic E-state index is 13.3. The van der Waals surface area contributed by atoms with Crippen LogP contribution in [0.2, 0.25) is 0 Å². The van der Waals surface area contributed by atoms with Crippen molar-refractivity contribution in [2.24, 2.45) is 16.7 Å². The Morgan fingerprint density at radius 3 is 2.28 bits per heavy atom. The fourth-order valence-electron chi connectivity index (χ4n) is 6.21. The average Bonchev–Trinajstić information content (AvgIpc) is 3.23. The summed E-state index contributed by atoms with van der Waals surface area (Å²) in [5.74, 6) is -1.89. The lowest BCUT2D eigenvalue weighted by atomic mass is 9.69. The van der Waals surface area contributed by atoms with Crippen LogP contribution in [-0.4, -0.2) is 47.1 Å². The third-order valence-electron chi connectivity index (χ3n) is 7.92. The molecule has 5 rings (SSSR count). The van der Waals surface area contributed by atoms with E-state index in [0.29, 0.717) is 17.2 Å². The summed E-state index contributed by atoms with van der Waals surface area (Å²) in [6, 6.07) is 5.83. The van der Waals surface area contributed by atoms with Crippen LogP contribution in [0.4, 0.5) is 0 Å². The Morgan fingerprint density at radius 2 is 1.72 bits per heavy atom. The lowest BCUT2D eigenvalue weighted by molar-refractivity contribution is -0.126. The Labute approximate surface area is 169 Å². The summed E-state index contributed by atoms with van der Waals surface area (Å²) < 4.78 is 27.1. The molecule has 0 radical (unpaired) electrons. The van der Waals surface area contributed by atoms with E-state index in [4.69, 9.17) is 0 Å². The van der Waals surface area contributed by atoms with E-state index in [2.05, 4.69) is 20.4 Å². The van der Waals surface area contributed by atoms with Crippen LogP contribution in [0.5, 0.6) is 0 Å². The molecule has 3 fully saturated rings. The Hall–Kier alpha value is -2.48. The Balaban J connectivity index is 1.51. The van der Waals surface area contributed by atoms with Gasteiger partial charge in [0.25, 0.3) is 17.7 Å². The normalized spacial score (nSPS) is 33.2. The van der Waals surface area contributed by atoms with Crippen LogP contribution in [0.3, 0.4) is 0 Å². The number of carbonyl (C=O) groups excluding carboxylic acids is 3. The molecular formula is C21H22N2O5S. The molecule has 2 heterocycles. The predicted octanol–water partition coefficient (Wildman–Crippen LogP) is 2.16. The van der Waals surface area contributed by atoms with Crippen LogP contribution in [-0.2, 0) is 14.8 Å². The van der Waals surface area contributed by atoms with Crippen molar-refractivity contribution in [2.75, 3.05) is 5.75 Å². The fourth-order valence-corrected chi connectivity index (χ4v) is 8.75. The molecule has 2 bridgehead atoms. The van der Waals surface area contributed by atoms with Crippen LogP contribution in [0, 0.1) is 16.7 Å². The van der Waals surface area contributed by atoms with Crippen molar-refractivity contribution in [3.8, 4) is 0 Å². The summed E-state index contributed by atoms with van der Waals surface area (Å²) in [7, 11) is -3.86. The van der Waals surface area contributed by atoms with Gasteiger partial charge in [0.05, 0.1) is 22.9 Å². The van der Waals surface area contributed by atoms with Crippen molar-refractivity contribution in [3.05, 3.63) is 47.7 Å². The first-order valence-corrected chi connectivity index (χ1v) is 11.4. The number of sulfonamides is 1. The Morgan fingerprint density at radius 1 is 1.14 bits per heavy atom. The minimum Gasteiger partial charge on any atom is -0.268 e. The maximum atomic E-state index is 13.3. The first-order chi connectivity index (χ1) is 13.5. The van der Waals surface area contributed by atoms with Gasteiger partial charge in [0.2, 0.25) is 10.0 Å². The second kappa shape index (κ2) is 5.36. The van der Waals surface area contributed by atoms with Crippen LogP contribution in [0.1, 0.15) is 53.8 Å². The standard InChI is InChI=1S/C21H22N2O5S/c1-12(22-18(25)14-6-4-5-7-15(14)19(22)26)17(24)23-16-10-13-8-9-21(16,20(13,2)3)11-29(23,27)28/h4-7,13,16H,1,8-11H2,2-3H3/t13?,16-,21-/m0/s1. The van der Waals surface area contributed by atoms with Gasteiger partial charge in [0, 0.05) is 5.41 Å². The maximum Gasteiger partial charge on any atom is 0.284 e. The zero-order valence-corrected chi connectivity index (χ0v) is 17.2. The highest BCUT2D eigenvalue weighted by atomic mass is 32.2. The molecule has 2 aliphatic heterocycles. The first-order valence-electron chi connectivity index (χ1n) is 9.76. The number of nitrogens with zero attached hydrogens (tertiary/aromatic N) is 2. The van der Waals surface area contributed by atoms with Gasteiger partial charge >= 0.3 is 0 Å². The highest BCUT2D eigenvalue weighted by Gasteiger charge is 2.72. The summed E-state index contributed by atoms with van der Waals surface area (Å²) in [5.41, 5.74) is -0.690. The number of rotatable bonds is 2. The number of hydrogen-bond donors (Lipinski definition) is 0. The number of carbonyl (C=O) groups is 3. The number of amides is 3. The molecule has 3 atom stereocenters. The molecule has 0 aromatic heterocycles. The molecule has 29 heavy (non-hydrogen) atoms. The summed E-state index contributed by atoms with van der Waals surface area (Å²) >= 11 is 0. The van der Waals surface area contributed by atoms with E-state index in [9.17, 15) is 22.8 Å². The summed E-state index contributed by atoms with van der Waals surface area (Å²) in [4.78, 5) is 39.5. The molecule has 3 amide bonds. The lowest BCUT2D eigenvalue weighted by Crippen LogP contribution is -2.47. The molecule has 1 aromatic rings. The third-order valence-corrected chi connectivity index (χ3v) is 9.82. The molecule has 2 aliphatic carbocycles. The van der Waals surface area contributed by atoms with Gasteiger partial charge < -0.3 is 0 Å². The van der Waals surface area contributed by atoms with Gasteiger partial charge in [-0.25, -0.2) is 17.6 Å². The van der Waals surface area contributed by atoms with Crippen molar-refractivity contribution in [2.45, 2.75) is 39.2 Å². The van der Waals surface area contributed by atoms with Gasteiger partial charge in [-0.2, -0.15) is 0 Å². The molecule has 8 heteroatoms. The smallest absolute Gasteiger partial charge is 0.268 e. The number of fused-ring (bicyclic) bond motifs is 2. The van der Waals surface area contributed by atoms with E-state index in [1.54, 1.807) is 12.1 Å². The van der Waals surface area contributed by atoms with E-state index in [1.807, 2.05) is 0 Å². The van der Waals surface area contributed by atoms with Crippen molar-refractivity contribution in [1.29, 1.82) is 0 Å². The van der Waals surface area contributed by atoms with E-state index in [0.717, 1.165) is 17.1 Å². The van der Waals surface area contributed by atoms with E-state index in [-0.39, 0.29) is 22.3 Å². The zero-order valence-electron chi connectivity index (χ0n) is 16.3. The van der Waals surface area contributed by atoms with Gasteiger partial charge in [0.1, 0.15) is 5.70 Å². The average molecular weight is 414 g/mol. The van der Waals surface area contributed by atoms with E-state index >= 15 is 0 Å². The largest absolute Gasteiger partial charge is 0.284 e. The lowest BCUT2D eigenvalue weighted by Gasteiger charge is -2.37. The monoisotopic (exact) mass is 414 g/mol. The summed E-state index contributed by atoms with van der Waals surface area (Å²) in [5, 5.41) is 0. The van der Waals surface area contributed by atoms with Gasteiger partial charge in [-0.1, -0.05) is 32.6 Å². The van der Waals surface area contributed by atoms with Gasteiger partial charge in [-0.05, 0) is 42.7 Å². The molecule has 2 saturated carbocycles. The zero-order chi connectivity index (χ0) is 20.9. The second-order valence-corrected chi connectivity index (χ2v) is 11.0. The topological polar surface area (TPSA) is 91.8 Å². The molecule has 152 valence electrons. The van der Waals surface area contributed by atoms with E-state index < -0.39 is 44.9 Å². The molecule has 7 nitrogen and oxygen atoms in total. The number of benzene rings is 1. The van der Waals surface area contributed by atoms with Gasteiger partial charge in [0.15, 0.2) is 0 Å². The SMILES string of the molecule is C=C(C(=O)N1[C@H]2CC3CC[C@@]2(CS1(=O)=O)C3(C)C)N1C(=O)c2ccccc2C1=O. The highest BCUT2D eigenvalue weighted by molar-refractivity contribution is 7.90. The van der Waals surface area contributed by atoms with Crippen LogP contribution in [0.25, 0.3) is 0 Å². The van der Waals surface area contributed by atoms with Crippen LogP contribution in [0.15, 0.2) is 36.5 Å². The highest BCUT2D eigenvalue weighted by Crippen LogP contribution is 2.70. The molecule has 1 unspecified atom stereocenters. The summed E-state index contributed by atoms with van der Waals surface area (Å²) in [6.07, 6.45) is 2.34. The minimum atomic E-state index is -3.86. The van der Waals surface area contributed by atoms with Crippen molar-refractivity contribution in [3.63, 3.8) is 0 Å². The van der Waals surface area contributed by atoms with Crippen LogP contribution < -0.4 is 0 Å². The van der Waals surface area contributed by atoms with Gasteiger partial charge in [-0.15, -0.1) is 0 Å². The molecule has 1 aromatic carbocycles. The molecule has 0 N–H and O–H groups in total. The minimum absolute atomic E-state index is 0.0741. The summed E-state index contributed by atoms with van der Waals surface area (Å²) in [6.45, 7) is 7.85. The number of imide groups is 1. The Kier molecular flexibility index (Phi) is 3.42. The van der Waals surface area contributed by atoms with Crippen molar-refractivity contribution in [1.82, 2.24) is 9.21 Å². The van der Waals surface area contributed by atoms with Crippen LogP contribution >= 0.6 is 0 Å². The fraction of sp³-hybridized carbons (Fsp3) is 0.476. The molecule has 4 aliphatic rings.